The molecule has 198 valence electrons. The average Bonchev–Trinajstić information content (AvgIpc) is 3.61. The molecule has 0 radical (unpaired) electrons. The lowest BCUT2D eigenvalue weighted by Crippen LogP contribution is -2.49. The van der Waals surface area contributed by atoms with Crippen molar-refractivity contribution in [3.05, 3.63) is 66.4 Å². The van der Waals surface area contributed by atoms with E-state index in [4.69, 9.17) is 0 Å². The first-order chi connectivity index (χ1) is 19.0. The van der Waals surface area contributed by atoms with Crippen molar-refractivity contribution in [1.82, 2.24) is 35.3 Å². The highest BCUT2D eigenvalue weighted by Gasteiger charge is 2.32. The Morgan fingerprint density at radius 2 is 2.05 bits per heavy atom. The number of anilines is 2. The zero-order chi connectivity index (χ0) is 26.9. The van der Waals surface area contributed by atoms with E-state index in [1.165, 1.54) is 12.1 Å². The lowest BCUT2D eigenvalue weighted by Gasteiger charge is -2.34. The van der Waals surface area contributed by atoms with Crippen molar-refractivity contribution < 1.29 is 9.18 Å². The number of nitrogens with zero attached hydrogens (tertiary/aromatic N) is 7. The van der Waals surface area contributed by atoms with Gasteiger partial charge >= 0.3 is 0 Å². The van der Waals surface area contributed by atoms with Gasteiger partial charge in [-0.2, -0.15) is 0 Å². The summed E-state index contributed by atoms with van der Waals surface area (Å²) < 4.78 is 18.0. The minimum absolute atomic E-state index is 0.0167. The molecule has 1 aromatic carbocycles. The molecule has 1 saturated heterocycles. The number of hydrogen-bond donors (Lipinski definition) is 2. The Morgan fingerprint density at radius 3 is 2.79 bits per heavy atom. The van der Waals surface area contributed by atoms with Gasteiger partial charge in [-0.05, 0) is 49.7 Å². The maximum absolute atomic E-state index is 15.5. The fourth-order valence-electron chi connectivity index (χ4n) is 4.83. The Hall–Kier alpha value is -4.29. The summed E-state index contributed by atoms with van der Waals surface area (Å²) in [6.07, 6.45) is 6.79. The minimum atomic E-state index is -0.615. The normalized spacial score (nSPS) is 15.4. The van der Waals surface area contributed by atoms with Crippen LogP contribution in [-0.4, -0.2) is 62.0 Å². The van der Waals surface area contributed by atoms with Gasteiger partial charge in [0.25, 0.3) is 5.91 Å². The summed E-state index contributed by atoms with van der Waals surface area (Å²) in [5.41, 5.74) is 1.84. The molecule has 39 heavy (non-hydrogen) atoms. The highest BCUT2D eigenvalue weighted by atomic mass is 32.1. The van der Waals surface area contributed by atoms with Gasteiger partial charge in [0.15, 0.2) is 0 Å². The topological polar surface area (TPSA) is 114 Å². The second-order valence-electron chi connectivity index (χ2n) is 9.32. The SMILES string of the molecule is CNc1nccc(-c2cc3c(N(C(=O)c4ccc(-c5cn(C)nn5)cc4F)[C@@H]4CCCNC4)nccc3s2)n1. The van der Waals surface area contributed by atoms with Gasteiger partial charge in [0.05, 0.1) is 28.4 Å². The molecule has 6 rings (SSSR count). The van der Waals surface area contributed by atoms with E-state index < -0.39 is 11.7 Å². The first-order valence-electron chi connectivity index (χ1n) is 12.6. The number of pyridine rings is 1. The van der Waals surface area contributed by atoms with E-state index in [-0.39, 0.29) is 11.6 Å². The van der Waals surface area contributed by atoms with Gasteiger partial charge in [-0.3, -0.25) is 14.4 Å². The van der Waals surface area contributed by atoms with Crippen LogP contribution in [0.2, 0.25) is 0 Å². The van der Waals surface area contributed by atoms with Crippen LogP contribution in [0.15, 0.2) is 55.0 Å². The van der Waals surface area contributed by atoms with Crippen molar-refractivity contribution >= 4 is 39.1 Å². The molecule has 1 atom stereocenters. The number of thiophene rings is 1. The van der Waals surface area contributed by atoms with Gasteiger partial charge in [-0.15, -0.1) is 16.4 Å². The quantitative estimate of drug-likeness (QED) is 0.329. The van der Waals surface area contributed by atoms with Crippen LogP contribution in [0.25, 0.3) is 31.9 Å². The van der Waals surface area contributed by atoms with Crippen molar-refractivity contribution in [2.45, 2.75) is 18.9 Å². The van der Waals surface area contributed by atoms with Crippen molar-refractivity contribution in [3.8, 4) is 21.8 Å². The van der Waals surface area contributed by atoms with Gasteiger partial charge in [0, 0.05) is 48.7 Å². The number of fused-ring (bicyclic) bond motifs is 1. The molecule has 0 aliphatic carbocycles. The van der Waals surface area contributed by atoms with Crippen molar-refractivity contribution in [2.24, 2.45) is 7.05 Å². The maximum atomic E-state index is 15.5. The van der Waals surface area contributed by atoms with Gasteiger partial charge in [-0.25, -0.2) is 19.3 Å². The maximum Gasteiger partial charge on any atom is 0.262 e. The molecular formula is C27H26FN9OS. The Labute approximate surface area is 227 Å². The molecule has 2 N–H and O–H groups in total. The number of nitrogens with one attached hydrogen (secondary N) is 2. The van der Waals surface area contributed by atoms with Crippen LogP contribution < -0.4 is 15.5 Å². The van der Waals surface area contributed by atoms with Crippen LogP contribution in [0.5, 0.6) is 0 Å². The summed E-state index contributed by atoms with van der Waals surface area (Å²) >= 11 is 1.56. The molecule has 1 amide bonds. The molecule has 4 aromatic heterocycles. The molecule has 1 fully saturated rings. The third-order valence-corrected chi connectivity index (χ3v) is 7.86. The zero-order valence-corrected chi connectivity index (χ0v) is 22.2. The molecule has 0 saturated carbocycles. The van der Waals surface area contributed by atoms with Crippen LogP contribution in [0.3, 0.4) is 0 Å². The van der Waals surface area contributed by atoms with Gasteiger partial charge in [0.1, 0.15) is 17.3 Å². The summed E-state index contributed by atoms with van der Waals surface area (Å²) in [7, 11) is 3.52. The van der Waals surface area contributed by atoms with Crippen molar-refractivity contribution in [1.29, 1.82) is 0 Å². The predicted molar refractivity (Wildman–Crippen MR) is 149 cm³/mol. The van der Waals surface area contributed by atoms with E-state index in [1.54, 1.807) is 59.7 Å². The fraction of sp³-hybridized carbons (Fsp3) is 0.259. The molecule has 12 heteroatoms. The Morgan fingerprint density at radius 1 is 1.18 bits per heavy atom. The van der Waals surface area contributed by atoms with Crippen LogP contribution in [0, 0.1) is 5.82 Å². The first kappa shape index (κ1) is 25.0. The van der Waals surface area contributed by atoms with E-state index >= 15 is 4.39 Å². The molecule has 0 bridgehead atoms. The number of piperidine rings is 1. The van der Waals surface area contributed by atoms with E-state index in [0.29, 0.717) is 29.6 Å². The second-order valence-corrected chi connectivity index (χ2v) is 10.4. The number of carbonyl (C=O) groups excluding carboxylic acids is 1. The zero-order valence-electron chi connectivity index (χ0n) is 21.4. The lowest BCUT2D eigenvalue weighted by atomic mass is 10.0. The van der Waals surface area contributed by atoms with Gasteiger partial charge in [0.2, 0.25) is 5.95 Å². The summed E-state index contributed by atoms with van der Waals surface area (Å²) in [4.78, 5) is 30.1. The largest absolute Gasteiger partial charge is 0.357 e. The highest BCUT2D eigenvalue weighted by Crippen LogP contribution is 2.38. The van der Waals surface area contributed by atoms with E-state index in [2.05, 4.69) is 35.9 Å². The number of amides is 1. The van der Waals surface area contributed by atoms with Crippen molar-refractivity contribution in [2.75, 3.05) is 30.4 Å². The number of benzene rings is 1. The molecule has 10 nitrogen and oxygen atoms in total. The predicted octanol–water partition coefficient (Wildman–Crippen LogP) is 4.13. The van der Waals surface area contributed by atoms with E-state index in [1.807, 2.05) is 18.2 Å². The monoisotopic (exact) mass is 543 g/mol. The van der Waals surface area contributed by atoms with E-state index in [9.17, 15) is 4.79 Å². The van der Waals surface area contributed by atoms with Crippen molar-refractivity contribution in [3.63, 3.8) is 0 Å². The third kappa shape index (κ3) is 4.84. The fourth-order valence-corrected chi connectivity index (χ4v) is 5.85. The smallest absolute Gasteiger partial charge is 0.262 e. The van der Waals surface area contributed by atoms with Crippen LogP contribution in [-0.2, 0) is 7.05 Å². The summed E-state index contributed by atoms with van der Waals surface area (Å²) in [5, 5.41) is 15.1. The second kappa shape index (κ2) is 10.5. The lowest BCUT2D eigenvalue weighted by molar-refractivity contribution is 0.0968. The summed E-state index contributed by atoms with van der Waals surface area (Å²) in [6.45, 7) is 1.47. The third-order valence-electron chi connectivity index (χ3n) is 6.74. The van der Waals surface area contributed by atoms with E-state index in [0.717, 1.165) is 40.0 Å². The Bertz CT molecular complexity index is 1660. The Kier molecular flexibility index (Phi) is 6.71. The number of aromatic nitrogens is 6. The van der Waals surface area contributed by atoms with Crippen LogP contribution >= 0.6 is 11.3 Å². The molecular weight excluding hydrogens is 517 g/mol. The summed E-state index contributed by atoms with van der Waals surface area (Å²) in [6, 6.07) is 10.1. The van der Waals surface area contributed by atoms with Gasteiger partial charge in [-0.1, -0.05) is 11.3 Å². The molecule has 0 spiro atoms. The molecule has 0 unspecified atom stereocenters. The molecule has 5 heterocycles. The van der Waals surface area contributed by atoms with Crippen LogP contribution in [0.1, 0.15) is 23.2 Å². The number of hydrogen-bond acceptors (Lipinski definition) is 9. The summed E-state index contributed by atoms with van der Waals surface area (Å²) in [5.74, 6) is -0.0161. The highest BCUT2D eigenvalue weighted by molar-refractivity contribution is 7.22. The minimum Gasteiger partial charge on any atom is -0.357 e. The number of rotatable bonds is 6. The molecule has 5 aromatic rings. The number of aryl methyl sites for hydroxylation is 1. The van der Waals surface area contributed by atoms with Gasteiger partial charge < -0.3 is 10.6 Å². The molecule has 1 aliphatic rings. The Balaban J connectivity index is 1.43. The molecule has 1 aliphatic heterocycles. The number of carbonyl (C=O) groups is 1. The average molecular weight is 544 g/mol. The first-order valence-corrected chi connectivity index (χ1v) is 13.4. The van der Waals surface area contributed by atoms with Crippen LogP contribution in [0.4, 0.5) is 16.2 Å². The standard InChI is InChI=1S/C27H26FN9OS/c1-29-27-32-10-7-21(33-27)24-13-19-23(39-24)8-11-31-25(19)37(17-4-3-9-30-14-17)26(38)18-6-5-16(12-20(18)28)22-15-36(2)35-34-22/h5-8,10-13,15,17,30H,3-4,9,14H2,1-2H3,(H,29,32,33)/t17-/m1/s1. The number of halogens is 1.